The van der Waals surface area contributed by atoms with Crippen molar-refractivity contribution in [2.75, 3.05) is 6.61 Å². The Hall–Kier alpha value is -2.60. The first kappa shape index (κ1) is 19.7. The van der Waals surface area contributed by atoms with E-state index in [2.05, 4.69) is 13.0 Å². The van der Waals surface area contributed by atoms with E-state index in [1.54, 1.807) is 13.0 Å². The van der Waals surface area contributed by atoms with E-state index in [1.807, 2.05) is 42.5 Å². The number of carbonyl (C=O) groups is 1. The summed E-state index contributed by atoms with van der Waals surface area (Å²) in [7, 11) is 0. The molecule has 0 aliphatic carbocycles. The second-order valence-corrected chi connectivity index (χ2v) is 6.42. The summed E-state index contributed by atoms with van der Waals surface area (Å²) < 4.78 is 5.15. The van der Waals surface area contributed by atoms with Crippen LogP contribution in [0.15, 0.2) is 48.5 Å². The molecule has 0 fully saturated rings. The van der Waals surface area contributed by atoms with Gasteiger partial charge in [0.05, 0.1) is 24.2 Å². The van der Waals surface area contributed by atoms with Gasteiger partial charge in [0.1, 0.15) is 0 Å². The minimum atomic E-state index is -0.307. The van der Waals surface area contributed by atoms with Crippen molar-refractivity contribution in [2.24, 2.45) is 0 Å². The molecule has 0 amide bonds. The predicted molar refractivity (Wildman–Crippen MR) is 105 cm³/mol. The lowest BCUT2D eigenvalue weighted by Gasteiger charge is -2.12. The van der Waals surface area contributed by atoms with Crippen LogP contribution in [-0.4, -0.2) is 12.6 Å². The van der Waals surface area contributed by atoms with Crippen molar-refractivity contribution in [1.29, 1.82) is 5.26 Å². The first-order valence-electron chi connectivity index (χ1n) is 9.47. The lowest BCUT2D eigenvalue weighted by atomic mass is 9.92. The maximum atomic E-state index is 12.2. The highest BCUT2D eigenvalue weighted by molar-refractivity contribution is 5.97. The number of carbonyl (C=O) groups excluding carboxylic acids is 1. The standard InChI is InChI=1S/C23H27NO2/c1-3-5-6-7-10-20(17-24)18-13-15-19(16-14-18)21-11-8-9-12-22(21)23(25)26-4-2/h8-9,11-16,20H,3-7,10H2,1-2H3. The molecule has 0 aromatic heterocycles. The average molecular weight is 349 g/mol. The van der Waals surface area contributed by atoms with E-state index >= 15 is 0 Å². The molecule has 0 spiro atoms. The molecule has 3 nitrogen and oxygen atoms in total. The molecule has 0 bridgehead atoms. The van der Waals surface area contributed by atoms with Crippen molar-refractivity contribution in [3.8, 4) is 17.2 Å². The summed E-state index contributed by atoms with van der Waals surface area (Å²) in [4.78, 5) is 12.2. The van der Waals surface area contributed by atoms with Crippen LogP contribution >= 0.6 is 0 Å². The molecule has 136 valence electrons. The number of ether oxygens (including phenoxy) is 1. The van der Waals surface area contributed by atoms with Crippen LogP contribution in [0.1, 0.15) is 67.8 Å². The Morgan fingerprint density at radius 1 is 1.04 bits per heavy atom. The summed E-state index contributed by atoms with van der Waals surface area (Å²) in [5.41, 5.74) is 3.42. The molecule has 26 heavy (non-hydrogen) atoms. The van der Waals surface area contributed by atoms with Gasteiger partial charge < -0.3 is 4.74 Å². The zero-order valence-corrected chi connectivity index (χ0v) is 15.7. The van der Waals surface area contributed by atoms with Gasteiger partial charge in [-0.3, -0.25) is 0 Å². The average Bonchev–Trinajstić information content (AvgIpc) is 2.68. The number of hydrogen-bond donors (Lipinski definition) is 0. The molecule has 0 saturated carbocycles. The second-order valence-electron chi connectivity index (χ2n) is 6.42. The van der Waals surface area contributed by atoms with Crippen LogP contribution in [-0.2, 0) is 4.74 Å². The molecule has 1 unspecified atom stereocenters. The van der Waals surface area contributed by atoms with Crippen molar-refractivity contribution in [3.05, 3.63) is 59.7 Å². The van der Waals surface area contributed by atoms with Gasteiger partial charge in [0.15, 0.2) is 0 Å². The molecule has 1 atom stereocenters. The SMILES string of the molecule is CCCCCCC(C#N)c1ccc(-c2ccccc2C(=O)OCC)cc1. The van der Waals surface area contributed by atoms with Gasteiger partial charge in [0.2, 0.25) is 0 Å². The van der Waals surface area contributed by atoms with Crippen molar-refractivity contribution in [2.45, 2.75) is 51.9 Å². The van der Waals surface area contributed by atoms with Crippen molar-refractivity contribution >= 4 is 5.97 Å². The molecule has 2 aromatic rings. The number of benzene rings is 2. The Balaban J connectivity index is 2.17. The summed E-state index contributed by atoms with van der Waals surface area (Å²) in [6, 6.07) is 17.9. The first-order valence-corrected chi connectivity index (χ1v) is 9.47. The van der Waals surface area contributed by atoms with Gasteiger partial charge in [-0.1, -0.05) is 75.1 Å². The molecule has 0 aliphatic heterocycles. The number of esters is 1. The highest BCUT2D eigenvalue weighted by Gasteiger charge is 2.14. The monoisotopic (exact) mass is 349 g/mol. The Morgan fingerprint density at radius 2 is 1.77 bits per heavy atom. The molecule has 0 aliphatic rings. The highest BCUT2D eigenvalue weighted by atomic mass is 16.5. The fourth-order valence-electron chi connectivity index (χ4n) is 3.10. The van der Waals surface area contributed by atoms with Crippen LogP contribution in [0.4, 0.5) is 0 Å². The molecule has 0 heterocycles. The van der Waals surface area contributed by atoms with E-state index in [1.165, 1.54) is 19.3 Å². The molecular weight excluding hydrogens is 322 g/mol. The summed E-state index contributed by atoms with van der Waals surface area (Å²) in [5.74, 6) is -0.376. The largest absolute Gasteiger partial charge is 0.462 e. The number of nitrogens with zero attached hydrogens (tertiary/aromatic N) is 1. The van der Waals surface area contributed by atoms with E-state index in [4.69, 9.17) is 4.74 Å². The second kappa shape index (κ2) is 10.4. The number of rotatable bonds is 9. The van der Waals surface area contributed by atoms with Crippen molar-refractivity contribution < 1.29 is 9.53 Å². The lowest BCUT2D eigenvalue weighted by molar-refractivity contribution is 0.0527. The molecule has 2 aromatic carbocycles. The lowest BCUT2D eigenvalue weighted by Crippen LogP contribution is -2.06. The Morgan fingerprint density at radius 3 is 2.42 bits per heavy atom. The van der Waals surface area contributed by atoms with E-state index in [0.29, 0.717) is 12.2 Å². The van der Waals surface area contributed by atoms with Crippen LogP contribution in [0.25, 0.3) is 11.1 Å². The van der Waals surface area contributed by atoms with E-state index in [-0.39, 0.29) is 11.9 Å². The molecular formula is C23H27NO2. The highest BCUT2D eigenvalue weighted by Crippen LogP contribution is 2.28. The van der Waals surface area contributed by atoms with Gasteiger partial charge in [-0.15, -0.1) is 0 Å². The van der Waals surface area contributed by atoms with E-state index in [9.17, 15) is 10.1 Å². The maximum Gasteiger partial charge on any atom is 0.338 e. The summed E-state index contributed by atoms with van der Waals surface area (Å²) in [5, 5.41) is 9.49. The smallest absolute Gasteiger partial charge is 0.338 e. The first-order chi connectivity index (χ1) is 12.7. The third kappa shape index (κ3) is 5.20. The zero-order chi connectivity index (χ0) is 18.8. The summed E-state index contributed by atoms with van der Waals surface area (Å²) in [6.07, 6.45) is 5.59. The fraction of sp³-hybridized carbons (Fsp3) is 0.391. The van der Waals surface area contributed by atoms with Crippen LogP contribution in [0.5, 0.6) is 0 Å². The minimum Gasteiger partial charge on any atom is -0.462 e. The van der Waals surface area contributed by atoms with Crippen molar-refractivity contribution in [3.63, 3.8) is 0 Å². The molecule has 3 heteroatoms. The van der Waals surface area contributed by atoms with Gasteiger partial charge in [-0.2, -0.15) is 5.26 Å². The van der Waals surface area contributed by atoms with E-state index in [0.717, 1.165) is 29.5 Å². The van der Waals surface area contributed by atoms with Crippen LogP contribution in [0, 0.1) is 11.3 Å². The van der Waals surface area contributed by atoms with Crippen LogP contribution < -0.4 is 0 Å². The molecule has 0 N–H and O–H groups in total. The fourth-order valence-corrected chi connectivity index (χ4v) is 3.10. The van der Waals surface area contributed by atoms with Crippen LogP contribution in [0.2, 0.25) is 0 Å². The van der Waals surface area contributed by atoms with Crippen molar-refractivity contribution in [1.82, 2.24) is 0 Å². The topological polar surface area (TPSA) is 50.1 Å². The van der Waals surface area contributed by atoms with Crippen LogP contribution in [0.3, 0.4) is 0 Å². The van der Waals surface area contributed by atoms with Gasteiger partial charge >= 0.3 is 5.97 Å². The van der Waals surface area contributed by atoms with E-state index < -0.39 is 0 Å². The number of nitriles is 1. The maximum absolute atomic E-state index is 12.2. The quantitative estimate of drug-likeness (QED) is 0.405. The molecule has 0 radical (unpaired) electrons. The molecule has 2 rings (SSSR count). The number of hydrogen-bond acceptors (Lipinski definition) is 3. The Bertz CT molecular complexity index is 744. The Labute approximate surface area is 156 Å². The minimum absolute atomic E-state index is 0.0683. The zero-order valence-electron chi connectivity index (χ0n) is 15.7. The third-order valence-corrected chi connectivity index (χ3v) is 4.55. The molecule has 0 saturated heterocycles. The predicted octanol–water partition coefficient (Wildman–Crippen LogP) is 6.11. The normalized spacial score (nSPS) is 11.6. The number of unbranched alkanes of at least 4 members (excludes halogenated alkanes) is 3. The summed E-state index contributed by atoms with van der Waals surface area (Å²) in [6.45, 7) is 4.35. The Kier molecular flexibility index (Phi) is 7.89. The van der Waals surface area contributed by atoms with Gasteiger partial charge in [-0.05, 0) is 36.1 Å². The van der Waals surface area contributed by atoms with Gasteiger partial charge in [0, 0.05) is 0 Å². The van der Waals surface area contributed by atoms with Gasteiger partial charge in [-0.25, -0.2) is 4.79 Å². The third-order valence-electron chi connectivity index (χ3n) is 4.55. The summed E-state index contributed by atoms with van der Waals surface area (Å²) >= 11 is 0. The van der Waals surface area contributed by atoms with Gasteiger partial charge in [0.25, 0.3) is 0 Å².